The van der Waals surface area contributed by atoms with Gasteiger partial charge in [-0.05, 0) is 90.8 Å². The van der Waals surface area contributed by atoms with E-state index < -0.39 is 36.5 Å². The molecule has 332 valence electrons. The van der Waals surface area contributed by atoms with Crippen molar-refractivity contribution < 1.29 is 42.5 Å². The number of nitrogens with one attached hydrogen (secondary N) is 4. The van der Waals surface area contributed by atoms with Crippen molar-refractivity contribution in [3.05, 3.63) is 65.9 Å². The first-order chi connectivity index (χ1) is 30.4. The lowest BCUT2D eigenvalue weighted by molar-refractivity contribution is -0.138. The van der Waals surface area contributed by atoms with Crippen LogP contribution in [-0.4, -0.2) is 112 Å². The average molecular weight is 865 g/mol. The lowest BCUT2D eigenvalue weighted by atomic mass is 9.90. The molecule has 4 amide bonds. The molecule has 16 nitrogen and oxygen atoms in total. The van der Waals surface area contributed by atoms with E-state index in [0.717, 1.165) is 62.7 Å². The van der Waals surface area contributed by atoms with E-state index in [4.69, 9.17) is 23.9 Å². The fourth-order valence-electron chi connectivity index (χ4n) is 9.85. The van der Waals surface area contributed by atoms with Gasteiger partial charge in [0.15, 0.2) is 0 Å². The van der Waals surface area contributed by atoms with Gasteiger partial charge in [0.1, 0.15) is 42.3 Å². The van der Waals surface area contributed by atoms with Crippen molar-refractivity contribution in [2.75, 3.05) is 34.0 Å². The molecule has 3 fully saturated rings. The highest BCUT2D eigenvalue weighted by Crippen LogP contribution is 2.44. The number of halogens is 1. The van der Waals surface area contributed by atoms with Crippen molar-refractivity contribution in [1.29, 1.82) is 0 Å². The lowest BCUT2D eigenvalue weighted by Gasteiger charge is -2.34. The second-order valence-electron chi connectivity index (χ2n) is 17.4. The Balaban J connectivity index is 0.959. The van der Waals surface area contributed by atoms with Crippen molar-refractivity contribution in [2.24, 2.45) is 11.8 Å². The fraction of sp³-hybridized carbons (Fsp3) is 0.478. The van der Waals surface area contributed by atoms with E-state index in [2.05, 4.69) is 49.9 Å². The Morgan fingerprint density at radius 1 is 0.889 bits per heavy atom. The number of alkyl halides is 1. The third kappa shape index (κ3) is 7.91. The van der Waals surface area contributed by atoms with Gasteiger partial charge in [0.05, 0.1) is 55.8 Å². The van der Waals surface area contributed by atoms with E-state index >= 15 is 4.39 Å². The molecule has 0 bridgehead atoms. The van der Waals surface area contributed by atoms with Gasteiger partial charge in [0.25, 0.3) is 0 Å². The first-order valence-corrected chi connectivity index (χ1v) is 21.7. The van der Waals surface area contributed by atoms with Gasteiger partial charge < -0.3 is 49.3 Å². The van der Waals surface area contributed by atoms with Gasteiger partial charge in [-0.1, -0.05) is 32.0 Å². The number of methoxy groups -OCH3 is 2. The Bertz CT molecular complexity index is 2570. The van der Waals surface area contributed by atoms with Crippen LogP contribution < -0.4 is 15.4 Å². The van der Waals surface area contributed by atoms with Crippen LogP contribution in [0.3, 0.4) is 0 Å². The number of nitrogens with zero attached hydrogens (tertiary/aromatic N) is 4. The van der Waals surface area contributed by atoms with E-state index in [1.165, 1.54) is 19.1 Å². The van der Waals surface area contributed by atoms with E-state index in [-0.39, 0.29) is 48.7 Å². The van der Waals surface area contributed by atoms with Crippen LogP contribution in [-0.2, 0) is 30.4 Å². The van der Waals surface area contributed by atoms with Crippen LogP contribution in [0.25, 0.3) is 44.2 Å². The summed E-state index contributed by atoms with van der Waals surface area (Å²) >= 11 is 0. The number of rotatable bonds is 9. The van der Waals surface area contributed by atoms with E-state index in [1.54, 1.807) is 6.20 Å². The number of amides is 4. The number of imidazole rings is 2. The summed E-state index contributed by atoms with van der Waals surface area (Å²) in [6.07, 6.45) is 1.88. The zero-order chi connectivity index (χ0) is 44.1. The zero-order valence-corrected chi connectivity index (χ0v) is 36.0. The van der Waals surface area contributed by atoms with Crippen LogP contribution in [0.2, 0.25) is 0 Å². The van der Waals surface area contributed by atoms with Crippen LogP contribution in [0.1, 0.15) is 82.2 Å². The summed E-state index contributed by atoms with van der Waals surface area (Å²) in [7, 11) is 2.53. The molecule has 6 heterocycles. The molecule has 63 heavy (non-hydrogen) atoms. The number of likely N-dealkylation sites (tertiary alicyclic amines) is 2. The monoisotopic (exact) mass is 864 g/mol. The fourth-order valence-corrected chi connectivity index (χ4v) is 9.85. The van der Waals surface area contributed by atoms with Crippen molar-refractivity contribution >= 4 is 45.8 Å². The molecule has 0 aliphatic carbocycles. The summed E-state index contributed by atoms with van der Waals surface area (Å²) in [6, 6.07) is 11.8. The minimum atomic E-state index is -1.25. The summed E-state index contributed by atoms with van der Waals surface area (Å²) in [5.74, 6) is 1.05. The van der Waals surface area contributed by atoms with Gasteiger partial charge in [-0.3, -0.25) is 9.59 Å². The minimum Gasteiger partial charge on any atom is -0.488 e. The zero-order valence-electron chi connectivity index (χ0n) is 36.0. The number of hydrogen-bond acceptors (Lipinski definition) is 10. The molecule has 2 aromatic heterocycles. The van der Waals surface area contributed by atoms with Gasteiger partial charge >= 0.3 is 12.2 Å². The van der Waals surface area contributed by atoms with Crippen molar-refractivity contribution in [3.8, 4) is 28.1 Å². The third-order valence-corrected chi connectivity index (χ3v) is 13.2. The maximum absolute atomic E-state index is 15.1. The molecule has 0 spiro atoms. The molecule has 6 atom stereocenters. The lowest BCUT2D eigenvalue weighted by Crippen LogP contribution is -2.53. The molecule has 4 N–H and O–H groups in total. The maximum atomic E-state index is 15.1. The molecular weight excluding hydrogens is 812 g/mol. The quantitative estimate of drug-likeness (QED) is 0.122. The number of hydrogen-bond donors (Lipinski definition) is 4. The Kier molecular flexibility index (Phi) is 11.5. The molecule has 0 radical (unpaired) electrons. The molecule has 4 aliphatic rings. The topological polar surface area (TPSA) is 193 Å². The number of H-pyrrole nitrogens is 2. The normalized spacial score (nSPS) is 22.1. The summed E-state index contributed by atoms with van der Waals surface area (Å²) < 4.78 is 36.7. The standard InChI is InChI=1S/C46H53FN8O8/c1-23(2)38(52-45(58)60-4)44(57)55-24(3)6-11-35(55)42-49-33-10-8-26-17-32-30-9-7-27(16-28(30)22-63-37(32)19-31(26)40(33)51-42)34-20-48-41(50-34)36-18-29(47)21-54(36)43(56)39(53-46(59)61-5)25-12-14-62-15-13-25/h7-10,16-17,19-20,23-25,29,35-36,38-39H,6,11-15,18,21-22H2,1-5H3,(H,48,50)(H,49,51)(H,52,58)(H,53,59). The van der Waals surface area contributed by atoms with Gasteiger partial charge in [0, 0.05) is 36.6 Å². The predicted octanol–water partition coefficient (Wildman–Crippen LogP) is 6.86. The Morgan fingerprint density at radius 2 is 1.67 bits per heavy atom. The van der Waals surface area contributed by atoms with Crippen LogP contribution in [0.15, 0.2) is 48.7 Å². The molecule has 6 unspecified atom stereocenters. The molecule has 3 saturated heterocycles. The number of aromatic amines is 2. The van der Waals surface area contributed by atoms with Crippen molar-refractivity contribution in [2.45, 2.75) is 95.9 Å². The van der Waals surface area contributed by atoms with E-state index in [0.29, 0.717) is 50.0 Å². The molecule has 9 rings (SSSR count). The molecule has 5 aromatic rings. The summed E-state index contributed by atoms with van der Waals surface area (Å²) in [4.78, 5) is 72.4. The van der Waals surface area contributed by atoms with Gasteiger partial charge in [-0.2, -0.15) is 0 Å². The van der Waals surface area contributed by atoms with Gasteiger partial charge in [-0.15, -0.1) is 0 Å². The third-order valence-electron chi connectivity index (χ3n) is 13.2. The number of alkyl carbamates (subject to hydrolysis) is 2. The van der Waals surface area contributed by atoms with Crippen LogP contribution in [0, 0.1) is 11.8 Å². The van der Waals surface area contributed by atoms with Crippen LogP contribution in [0.5, 0.6) is 5.75 Å². The highest BCUT2D eigenvalue weighted by molar-refractivity contribution is 6.07. The Morgan fingerprint density at radius 3 is 2.43 bits per heavy atom. The largest absolute Gasteiger partial charge is 0.488 e. The number of ether oxygens (including phenoxy) is 4. The van der Waals surface area contributed by atoms with Gasteiger partial charge in [-0.25, -0.2) is 23.9 Å². The summed E-state index contributed by atoms with van der Waals surface area (Å²) in [5.41, 5.74) is 6.17. The van der Waals surface area contributed by atoms with Crippen LogP contribution >= 0.6 is 0 Å². The Hall–Kier alpha value is -6.23. The molecule has 4 aliphatic heterocycles. The second-order valence-corrected chi connectivity index (χ2v) is 17.4. The highest BCUT2D eigenvalue weighted by Gasteiger charge is 2.44. The van der Waals surface area contributed by atoms with Gasteiger partial charge in [0.2, 0.25) is 11.8 Å². The second kappa shape index (κ2) is 17.1. The number of benzene rings is 3. The van der Waals surface area contributed by atoms with Crippen molar-refractivity contribution in [3.63, 3.8) is 0 Å². The number of fused-ring (bicyclic) bond motifs is 6. The molecule has 3 aromatic carbocycles. The number of carbonyl (C=O) groups excluding carboxylic acids is 4. The first kappa shape index (κ1) is 42.1. The van der Waals surface area contributed by atoms with Crippen LogP contribution in [0.4, 0.5) is 14.0 Å². The van der Waals surface area contributed by atoms with E-state index in [1.807, 2.05) is 43.9 Å². The minimum absolute atomic E-state index is 0.0413. The summed E-state index contributed by atoms with van der Waals surface area (Å²) in [6.45, 7) is 7.00. The number of carbonyl (C=O) groups is 4. The molecule has 0 saturated carbocycles. The average Bonchev–Trinajstić information content (AvgIpc) is 4.12. The maximum Gasteiger partial charge on any atom is 0.407 e. The predicted molar refractivity (Wildman–Crippen MR) is 230 cm³/mol. The smallest absolute Gasteiger partial charge is 0.407 e. The SMILES string of the molecule is COC(=O)NC(C(=O)N1C(C)CCC1c1nc2c(ccc3cc4c(cc32)OCc2cc(-c3cnc(C5CC(F)CN5C(=O)C(NC(=O)OC)C5CCOCC5)[nH]3)ccc2-4)[nH]1)C(C)C. The first-order valence-electron chi connectivity index (χ1n) is 21.7. The van der Waals surface area contributed by atoms with Crippen molar-refractivity contribution in [1.82, 2.24) is 40.4 Å². The molecular formula is C46H53FN8O8. The number of aromatic nitrogens is 4. The van der Waals surface area contributed by atoms with E-state index in [9.17, 15) is 19.2 Å². The highest BCUT2D eigenvalue weighted by atomic mass is 19.1. The Labute approximate surface area is 363 Å². The molecule has 17 heteroatoms. The summed E-state index contributed by atoms with van der Waals surface area (Å²) in [5, 5.41) is 7.34.